The topological polar surface area (TPSA) is 108 Å². The van der Waals surface area contributed by atoms with E-state index in [0.29, 0.717) is 11.4 Å². The molecule has 2 amide bonds. The first kappa shape index (κ1) is 19.8. The van der Waals surface area contributed by atoms with Gasteiger partial charge in [-0.1, -0.05) is 31.9 Å². The summed E-state index contributed by atoms with van der Waals surface area (Å²) in [6, 6.07) is 3.55. The Balaban J connectivity index is 2.75. The van der Waals surface area contributed by atoms with Gasteiger partial charge < -0.3 is 20.5 Å². The third-order valence-electron chi connectivity index (χ3n) is 3.55. The fourth-order valence-corrected chi connectivity index (χ4v) is 2.15. The lowest BCUT2D eigenvalue weighted by Gasteiger charge is -2.22. The van der Waals surface area contributed by atoms with Crippen molar-refractivity contribution in [2.24, 2.45) is 11.7 Å². The van der Waals surface area contributed by atoms with Gasteiger partial charge in [0.05, 0.1) is 12.7 Å². The number of methoxy groups -OCH3 is 1. The number of nitrogens with one attached hydrogen (secondary N) is 1. The molecule has 0 heterocycles. The number of nitrogens with two attached hydrogens (primary N) is 1. The lowest BCUT2D eigenvalue weighted by Crippen LogP contribution is -2.47. The van der Waals surface area contributed by atoms with Gasteiger partial charge in [-0.3, -0.25) is 9.59 Å². The minimum absolute atomic E-state index is 0.0711. The second kappa shape index (κ2) is 9.12. The molecule has 0 saturated heterocycles. The Bertz CT molecular complexity index is 620. The molecule has 0 unspecified atom stereocenters. The number of halogens is 1. The third kappa shape index (κ3) is 5.42. The van der Waals surface area contributed by atoms with Crippen molar-refractivity contribution < 1.29 is 23.9 Å². The van der Waals surface area contributed by atoms with Gasteiger partial charge in [0, 0.05) is 5.02 Å². The summed E-state index contributed by atoms with van der Waals surface area (Å²) < 4.78 is 10.0. The smallest absolute Gasteiger partial charge is 0.328 e. The summed E-state index contributed by atoms with van der Waals surface area (Å²) >= 11 is 5.80. The summed E-state index contributed by atoms with van der Waals surface area (Å²) in [6.45, 7) is 3.34. The fourth-order valence-electron chi connectivity index (χ4n) is 1.98. The van der Waals surface area contributed by atoms with Crippen LogP contribution in [0.1, 0.15) is 30.6 Å². The van der Waals surface area contributed by atoms with Crippen LogP contribution in [-0.2, 0) is 14.3 Å². The number of rotatable bonds is 8. The van der Waals surface area contributed by atoms with Crippen molar-refractivity contribution >= 4 is 29.4 Å². The van der Waals surface area contributed by atoms with E-state index in [2.05, 4.69) is 5.32 Å². The standard InChI is InChI=1S/C16H21ClN2O5/c1-4-9(2)14(16(22)23-3)19-13(20)8-24-12-6-5-10(17)7-11(12)15(18)21/h5-7,9,14H,4,8H2,1-3H3,(H2,18,21)(H,19,20)/t9-,14+/m1/s1. The van der Waals surface area contributed by atoms with Gasteiger partial charge in [0.2, 0.25) is 0 Å². The average molecular weight is 357 g/mol. The van der Waals surface area contributed by atoms with Crippen molar-refractivity contribution in [2.45, 2.75) is 26.3 Å². The van der Waals surface area contributed by atoms with Crippen LogP contribution in [0.4, 0.5) is 0 Å². The van der Waals surface area contributed by atoms with Crippen LogP contribution >= 0.6 is 11.6 Å². The number of benzene rings is 1. The Kier molecular flexibility index (Phi) is 7.51. The molecule has 0 aromatic heterocycles. The predicted octanol–water partition coefficient (Wildman–Crippen LogP) is 1.52. The minimum Gasteiger partial charge on any atom is -0.483 e. The molecule has 0 fully saturated rings. The van der Waals surface area contributed by atoms with Gasteiger partial charge >= 0.3 is 5.97 Å². The van der Waals surface area contributed by atoms with Crippen LogP contribution in [0.15, 0.2) is 18.2 Å². The van der Waals surface area contributed by atoms with Crippen molar-refractivity contribution in [3.8, 4) is 5.75 Å². The molecule has 2 atom stereocenters. The van der Waals surface area contributed by atoms with E-state index in [1.807, 2.05) is 13.8 Å². The monoisotopic (exact) mass is 356 g/mol. The molecule has 7 nitrogen and oxygen atoms in total. The number of carbonyl (C=O) groups is 3. The van der Waals surface area contributed by atoms with E-state index in [4.69, 9.17) is 26.8 Å². The summed E-state index contributed by atoms with van der Waals surface area (Å²) in [5, 5.41) is 2.89. The maximum absolute atomic E-state index is 12.0. The summed E-state index contributed by atoms with van der Waals surface area (Å²) in [5.41, 5.74) is 5.32. The predicted molar refractivity (Wildman–Crippen MR) is 88.9 cm³/mol. The lowest BCUT2D eigenvalue weighted by atomic mass is 9.99. The number of primary amides is 1. The first-order chi connectivity index (χ1) is 11.3. The second-order valence-electron chi connectivity index (χ2n) is 5.25. The van der Waals surface area contributed by atoms with Crippen LogP contribution in [0.2, 0.25) is 5.02 Å². The number of ether oxygens (including phenoxy) is 2. The van der Waals surface area contributed by atoms with Gasteiger partial charge in [0.1, 0.15) is 11.8 Å². The maximum atomic E-state index is 12.0. The molecule has 1 aromatic rings. The zero-order valence-corrected chi connectivity index (χ0v) is 14.6. The van der Waals surface area contributed by atoms with Crippen LogP contribution in [-0.4, -0.2) is 37.5 Å². The van der Waals surface area contributed by atoms with Gasteiger partial charge in [0.15, 0.2) is 6.61 Å². The maximum Gasteiger partial charge on any atom is 0.328 e. The van der Waals surface area contributed by atoms with Crippen molar-refractivity contribution in [1.82, 2.24) is 5.32 Å². The van der Waals surface area contributed by atoms with E-state index < -0.39 is 23.8 Å². The lowest BCUT2D eigenvalue weighted by molar-refractivity contribution is -0.146. The van der Waals surface area contributed by atoms with Gasteiger partial charge in [-0.05, 0) is 24.1 Å². The quantitative estimate of drug-likeness (QED) is 0.686. The number of amides is 2. The Morgan fingerprint density at radius 2 is 2.00 bits per heavy atom. The average Bonchev–Trinajstić information content (AvgIpc) is 2.56. The van der Waals surface area contributed by atoms with E-state index in [9.17, 15) is 14.4 Å². The fraction of sp³-hybridized carbons (Fsp3) is 0.438. The zero-order chi connectivity index (χ0) is 18.3. The molecular formula is C16H21ClN2O5. The molecule has 0 aliphatic rings. The number of hydrogen-bond donors (Lipinski definition) is 2. The van der Waals surface area contributed by atoms with E-state index in [1.165, 1.54) is 25.3 Å². The largest absolute Gasteiger partial charge is 0.483 e. The molecule has 24 heavy (non-hydrogen) atoms. The molecule has 0 aliphatic carbocycles. The Morgan fingerprint density at radius 1 is 1.33 bits per heavy atom. The van der Waals surface area contributed by atoms with Crippen molar-refractivity contribution in [3.63, 3.8) is 0 Å². The SMILES string of the molecule is CC[C@@H](C)[C@H](NC(=O)COc1ccc(Cl)cc1C(N)=O)C(=O)OC. The van der Waals surface area contributed by atoms with Crippen LogP contribution in [0.3, 0.4) is 0 Å². The van der Waals surface area contributed by atoms with Crippen LogP contribution in [0, 0.1) is 5.92 Å². The van der Waals surface area contributed by atoms with Crippen LogP contribution in [0.25, 0.3) is 0 Å². The zero-order valence-electron chi connectivity index (χ0n) is 13.8. The van der Waals surface area contributed by atoms with Gasteiger partial charge in [-0.25, -0.2) is 4.79 Å². The molecule has 0 bridgehead atoms. The van der Waals surface area contributed by atoms with Crippen molar-refractivity contribution in [1.29, 1.82) is 0 Å². The molecule has 0 saturated carbocycles. The van der Waals surface area contributed by atoms with E-state index in [-0.39, 0.29) is 23.8 Å². The first-order valence-electron chi connectivity index (χ1n) is 7.39. The summed E-state index contributed by atoms with van der Waals surface area (Å²) in [7, 11) is 1.26. The Labute approximate surface area is 145 Å². The van der Waals surface area contributed by atoms with Gasteiger partial charge in [-0.2, -0.15) is 0 Å². The Hall–Kier alpha value is -2.28. The van der Waals surface area contributed by atoms with Crippen LogP contribution in [0.5, 0.6) is 5.75 Å². The third-order valence-corrected chi connectivity index (χ3v) is 3.79. The molecule has 0 spiro atoms. The Morgan fingerprint density at radius 3 is 2.54 bits per heavy atom. The minimum atomic E-state index is -0.767. The molecule has 132 valence electrons. The highest BCUT2D eigenvalue weighted by atomic mass is 35.5. The second-order valence-corrected chi connectivity index (χ2v) is 5.68. The number of carbonyl (C=O) groups excluding carboxylic acids is 3. The number of hydrogen-bond acceptors (Lipinski definition) is 5. The van der Waals surface area contributed by atoms with Crippen molar-refractivity contribution in [2.75, 3.05) is 13.7 Å². The van der Waals surface area contributed by atoms with E-state index in [1.54, 1.807) is 0 Å². The van der Waals surface area contributed by atoms with Gasteiger partial charge in [-0.15, -0.1) is 0 Å². The summed E-state index contributed by atoms with van der Waals surface area (Å²) in [4.78, 5) is 35.2. The highest BCUT2D eigenvalue weighted by molar-refractivity contribution is 6.31. The molecule has 0 aliphatic heterocycles. The molecule has 3 N–H and O–H groups in total. The highest BCUT2D eigenvalue weighted by Gasteiger charge is 2.26. The molecule has 0 radical (unpaired) electrons. The van der Waals surface area contributed by atoms with E-state index >= 15 is 0 Å². The molecule has 8 heteroatoms. The highest BCUT2D eigenvalue weighted by Crippen LogP contribution is 2.22. The normalized spacial score (nSPS) is 12.8. The van der Waals surface area contributed by atoms with Crippen LogP contribution < -0.4 is 15.8 Å². The van der Waals surface area contributed by atoms with Gasteiger partial charge in [0.25, 0.3) is 11.8 Å². The summed E-state index contributed by atoms with van der Waals surface area (Å²) in [6.07, 6.45) is 0.684. The molecule has 1 rings (SSSR count). The number of esters is 1. The van der Waals surface area contributed by atoms with Crippen molar-refractivity contribution in [3.05, 3.63) is 28.8 Å². The van der Waals surface area contributed by atoms with E-state index in [0.717, 1.165) is 0 Å². The summed E-state index contributed by atoms with van der Waals surface area (Å²) in [5.74, 6) is -1.73. The first-order valence-corrected chi connectivity index (χ1v) is 7.77. The molecule has 1 aromatic carbocycles. The molecular weight excluding hydrogens is 336 g/mol.